The molecule has 0 saturated carbocycles. The molecule has 0 aliphatic heterocycles. The maximum atomic E-state index is 12.9. The molecule has 0 saturated heterocycles. The van der Waals surface area contributed by atoms with Crippen LogP contribution >= 0.6 is 0 Å². The molecule has 0 spiro atoms. The molecule has 1 heterocycles. The Hall–Kier alpha value is -2.62. The first-order valence-electron chi connectivity index (χ1n) is 6.31. The van der Waals surface area contributed by atoms with E-state index in [9.17, 15) is 4.39 Å². The smallest absolute Gasteiger partial charge is 0.123 e. The van der Waals surface area contributed by atoms with Gasteiger partial charge in [0.2, 0.25) is 0 Å². The fourth-order valence-electron chi connectivity index (χ4n) is 2.13. The summed E-state index contributed by atoms with van der Waals surface area (Å²) >= 11 is 0. The maximum absolute atomic E-state index is 12.9. The second kappa shape index (κ2) is 4.81. The molecule has 0 amide bonds. The van der Waals surface area contributed by atoms with E-state index in [1.54, 1.807) is 23.0 Å². The summed E-state index contributed by atoms with van der Waals surface area (Å²) in [5, 5.41) is 4.49. The van der Waals surface area contributed by atoms with E-state index in [1.165, 1.54) is 12.1 Å². The van der Waals surface area contributed by atoms with Gasteiger partial charge in [-0.2, -0.15) is 5.10 Å². The Balaban J connectivity index is 2.05. The average molecular weight is 267 g/mol. The van der Waals surface area contributed by atoms with Crippen molar-refractivity contribution in [2.45, 2.75) is 6.92 Å². The molecule has 1 aromatic heterocycles. The van der Waals surface area contributed by atoms with Crippen molar-refractivity contribution in [2.75, 3.05) is 5.73 Å². The number of aromatic nitrogens is 2. The summed E-state index contributed by atoms with van der Waals surface area (Å²) in [6.45, 7) is 2.02. The maximum Gasteiger partial charge on any atom is 0.123 e. The molecule has 0 aliphatic rings. The molecule has 0 unspecified atom stereocenters. The number of nitrogens with zero attached hydrogens (tertiary/aromatic N) is 2. The van der Waals surface area contributed by atoms with Gasteiger partial charge in [0.15, 0.2) is 0 Å². The van der Waals surface area contributed by atoms with E-state index < -0.39 is 0 Å². The summed E-state index contributed by atoms with van der Waals surface area (Å²) in [4.78, 5) is 0. The Kier molecular flexibility index (Phi) is 2.99. The van der Waals surface area contributed by atoms with Crippen LogP contribution in [0.1, 0.15) is 5.56 Å². The van der Waals surface area contributed by atoms with E-state index in [-0.39, 0.29) is 5.82 Å². The number of benzene rings is 2. The second-order valence-electron chi connectivity index (χ2n) is 4.72. The van der Waals surface area contributed by atoms with Crippen molar-refractivity contribution in [1.29, 1.82) is 0 Å². The van der Waals surface area contributed by atoms with Crippen molar-refractivity contribution in [2.24, 2.45) is 0 Å². The lowest BCUT2D eigenvalue weighted by Crippen LogP contribution is -1.94. The second-order valence-corrected chi connectivity index (χ2v) is 4.72. The van der Waals surface area contributed by atoms with Crippen LogP contribution in [0.3, 0.4) is 0 Å². The van der Waals surface area contributed by atoms with Crippen LogP contribution in [0.25, 0.3) is 16.9 Å². The molecule has 3 rings (SSSR count). The third-order valence-electron chi connectivity index (χ3n) is 3.13. The van der Waals surface area contributed by atoms with Gasteiger partial charge in [0.25, 0.3) is 0 Å². The monoisotopic (exact) mass is 267 g/mol. The molecule has 0 atom stereocenters. The van der Waals surface area contributed by atoms with Gasteiger partial charge in [-0.05, 0) is 37.3 Å². The van der Waals surface area contributed by atoms with Crippen LogP contribution in [0, 0.1) is 12.7 Å². The largest absolute Gasteiger partial charge is 0.396 e. The summed E-state index contributed by atoms with van der Waals surface area (Å²) in [6, 6.07) is 14.1. The van der Waals surface area contributed by atoms with E-state index >= 15 is 0 Å². The van der Waals surface area contributed by atoms with Gasteiger partial charge in [0.05, 0.1) is 17.6 Å². The molecule has 3 nitrogen and oxygen atoms in total. The van der Waals surface area contributed by atoms with Crippen LogP contribution in [0.4, 0.5) is 10.1 Å². The van der Waals surface area contributed by atoms with Crippen LogP contribution in [0.2, 0.25) is 0 Å². The van der Waals surface area contributed by atoms with Crippen LogP contribution in [0.5, 0.6) is 0 Å². The minimum Gasteiger partial charge on any atom is -0.396 e. The summed E-state index contributed by atoms with van der Waals surface area (Å²) in [7, 11) is 0. The number of nitrogen functional groups attached to an aromatic ring is 1. The van der Waals surface area contributed by atoms with E-state index in [1.807, 2.05) is 31.2 Å². The average Bonchev–Trinajstić information content (AvgIpc) is 2.82. The molecule has 0 radical (unpaired) electrons. The third-order valence-corrected chi connectivity index (χ3v) is 3.13. The topological polar surface area (TPSA) is 43.8 Å². The molecule has 2 N–H and O–H groups in total. The van der Waals surface area contributed by atoms with Crippen molar-refractivity contribution in [1.82, 2.24) is 9.78 Å². The summed E-state index contributed by atoms with van der Waals surface area (Å²) < 4.78 is 14.6. The van der Waals surface area contributed by atoms with Crippen molar-refractivity contribution in [3.63, 3.8) is 0 Å². The van der Waals surface area contributed by atoms with Crippen molar-refractivity contribution in [3.05, 3.63) is 66.1 Å². The Bertz CT molecular complexity index is 745. The molecule has 3 aromatic rings. The fourth-order valence-corrected chi connectivity index (χ4v) is 2.13. The van der Waals surface area contributed by atoms with Crippen LogP contribution in [0.15, 0.2) is 54.7 Å². The van der Waals surface area contributed by atoms with E-state index in [2.05, 4.69) is 5.10 Å². The lowest BCUT2D eigenvalue weighted by atomic mass is 10.1. The lowest BCUT2D eigenvalue weighted by Gasteiger charge is -2.01. The van der Waals surface area contributed by atoms with Gasteiger partial charge in [-0.3, -0.25) is 0 Å². The highest BCUT2D eigenvalue weighted by Gasteiger charge is 2.09. The molecule has 2 aromatic carbocycles. The summed E-state index contributed by atoms with van der Waals surface area (Å²) in [5.74, 6) is -0.271. The number of halogens is 1. The lowest BCUT2D eigenvalue weighted by molar-refractivity contribution is 0.627. The number of nitrogens with two attached hydrogens (primary N) is 1. The van der Waals surface area contributed by atoms with Gasteiger partial charge >= 0.3 is 0 Å². The van der Waals surface area contributed by atoms with E-state index in [0.717, 1.165) is 22.5 Å². The highest BCUT2D eigenvalue weighted by Crippen LogP contribution is 2.26. The highest BCUT2D eigenvalue weighted by atomic mass is 19.1. The van der Waals surface area contributed by atoms with Gasteiger partial charge in [-0.25, -0.2) is 9.07 Å². The van der Waals surface area contributed by atoms with Crippen LogP contribution in [-0.2, 0) is 0 Å². The Labute approximate surface area is 116 Å². The molecular weight excluding hydrogens is 253 g/mol. The molecule has 20 heavy (non-hydrogen) atoms. The Morgan fingerprint density at radius 2 is 1.85 bits per heavy atom. The van der Waals surface area contributed by atoms with Gasteiger partial charge in [-0.15, -0.1) is 0 Å². The Morgan fingerprint density at radius 3 is 2.55 bits per heavy atom. The van der Waals surface area contributed by atoms with Crippen molar-refractivity contribution in [3.8, 4) is 16.9 Å². The van der Waals surface area contributed by atoms with Gasteiger partial charge in [0.1, 0.15) is 11.5 Å². The third kappa shape index (κ3) is 2.28. The number of hydrogen-bond donors (Lipinski definition) is 1. The first kappa shape index (κ1) is 12.4. The highest BCUT2D eigenvalue weighted by molar-refractivity contribution is 5.72. The number of aryl methyl sites for hydroxylation is 1. The summed E-state index contributed by atoms with van der Waals surface area (Å²) in [5.41, 5.74) is 10.3. The van der Waals surface area contributed by atoms with Crippen LogP contribution in [-0.4, -0.2) is 9.78 Å². The van der Waals surface area contributed by atoms with Crippen molar-refractivity contribution < 1.29 is 4.39 Å². The van der Waals surface area contributed by atoms with E-state index in [0.29, 0.717) is 5.69 Å². The zero-order valence-corrected chi connectivity index (χ0v) is 11.0. The van der Waals surface area contributed by atoms with Crippen molar-refractivity contribution >= 4 is 5.69 Å². The molecule has 0 fully saturated rings. The fraction of sp³-hybridized carbons (Fsp3) is 0.0625. The zero-order chi connectivity index (χ0) is 14.1. The van der Waals surface area contributed by atoms with Gasteiger partial charge in [-0.1, -0.05) is 23.8 Å². The van der Waals surface area contributed by atoms with Gasteiger partial charge < -0.3 is 5.73 Å². The van der Waals surface area contributed by atoms with E-state index in [4.69, 9.17) is 5.73 Å². The number of anilines is 1. The SMILES string of the molecule is Cc1cccc(-c2nn(-c3ccc(F)cc3)cc2N)c1. The predicted molar refractivity (Wildman–Crippen MR) is 78.1 cm³/mol. The predicted octanol–water partition coefficient (Wildman–Crippen LogP) is 3.57. The first-order valence-corrected chi connectivity index (χ1v) is 6.31. The molecule has 0 bridgehead atoms. The minimum atomic E-state index is -0.271. The summed E-state index contributed by atoms with van der Waals surface area (Å²) in [6.07, 6.45) is 1.74. The van der Waals surface area contributed by atoms with Gasteiger partial charge in [0, 0.05) is 5.56 Å². The number of rotatable bonds is 2. The zero-order valence-electron chi connectivity index (χ0n) is 11.0. The molecule has 4 heteroatoms. The quantitative estimate of drug-likeness (QED) is 0.771. The minimum absolute atomic E-state index is 0.271. The Morgan fingerprint density at radius 1 is 1.10 bits per heavy atom. The normalized spacial score (nSPS) is 10.7. The molecule has 0 aliphatic carbocycles. The first-order chi connectivity index (χ1) is 9.63. The molecule has 100 valence electrons. The standard InChI is InChI=1S/C16H14FN3/c1-11-3-2-4-12(9-11)16-15(18)10-20(19-16)14-7-5-13(17)6-8-14/h2-10H,18H2,1H3. The number of hydrogen-bond acceptors (Lipinski definition) is 2. The van der Waals surface area contributed by atoms with Crippen LogP contribution < -0.4 is 5.73 Å². The molecular formula is C16H14FN3.